The molecule has 2 rings (SSSR count). The lowest BCUT2D eigenvalue weighted by Gasteiger charge is -2.05. The summed E-state index contributed by atoms with van der Waals surface area (Å²) >= 11 is 3.35. The van der Waals surface area contributed by atoms with Crippen LogP contribution in [-0.4, -0.2) is 10.9 Å². The molecule has 92 valence electrons. The van der Waals surface area contributed by atoms with Crippen LogP contribution in [0.4, 0.5) is 5.69 Å². The van der Waals surface area contributed by atoms with Gasteiger partial charge in [-0.25, -0.2) is 0 Å². The van der Waals surface area contributed by atoms with Crippen molar-refractivity contribution in [2.75, 3.05) is 5.32 Å². The Morgan fingerprint density at radius 2 is 2.17 bits per heavy atom. The highest BCUT2D eigenvalue weighted by Gasteiger charge is 2.07. The highest BCUT2D eigenvalue weighted by Crippen LogP contribution is 2.16. The van der Waals surface area contributed by atoms with E-state index in [2.05, 4.69) is 26.2 Å². The number of rotatable bonds is 3. The molecule has 2 aromatic rings. The summed E-state index contributed by atoms with van der Waals surface area (Å²) in [6.07, 6.45) is 1.61. The van der Waals surface area contributed by atoms with Crippen LogP contribution in [0.1, 0.15) is 16.1 Å². The van der Waals surface area contributed by atoms with Crippen LogP contribution < -0.4 is 11.1 Å². The van der Waals surface area contributed by atoms with Crippen LogP contribution in [0.5, 0.6) is 0 Å². The Hall–Kier alpha value is -1.72. The van der Waals surface area contributed by atoms with Gasteiger partial charge in [0.05, 0.1) is 0 Å². The van der Waals surface area contributed by atoms with E-state index in [9.17, 15) is 4.79 Å². The molecule has 0 fully saturated rings. The third-order valence-electron chi connectivity index (χ3n) is 2.38. The molecular formula is C13H12BrN3O. The fourth-order valence-electron chi connectivity index (χ4n) is 1.44. The number of amides is 1. The van der Waals surface area contributed by atoms with E-state index in [0.717, 1.165) is 15.7 Å². The molecule has 1 amide bonds. The molecule has 0 bridgehead atoms. The topological polar surface area (TPSA) is 68.0 Å². The predicted molar refractivity (Wildman–Crippen MR) is 74.2 cm³/mol. The number of halogens is 1. The quantitative estimate of drug-likeness (QED) is 0.915. The van der Waals surface area contributed by atoms with Gasteiger partial charge in [-0.15, -0.1) is 0 Å². The van der Waals surface area contributed by atoms with E-state index in [1.165, 1.54) is 0 Å². The Balaban J connectivity index is 2.11. The maximum atomic E-state index is 11.9. The number of hydrogen-bond donors (Lipinski definition) is 2. The van der Waals surface area contributed by atoms with E-state index in [1.807, 2.05) is 24.3 Å². The molecule has 1 heterocycles. The highest BCUT2D eigenvalue weighted by atomic mass is 79.9. The van der Waals surface area contributed by atoms with E-state index in [4.69, 9.17) is 5.73 Å². The number of nitrogens with zero attached hydrogens (tertiary/aromatic N) is 1. The number of nitrogens with one attached hydrogen (secondary N) is 1. The Bertz CT molecular complexity index is 554. The van der Waals surface area contributed by atoms with Gasteiger partial charge >= 0.3 is 0 Å². The van der Waals surface area contributed by atoms with E-state index in [-0.39, 0.29) is 5.91 Å². The molecule has 0 saturated heterocycles. The second-order valence-electron chi connectivity index (χ2n) is 3.72. The van der Waals surface area contributed by atoms with Crippen molar-refractivity contribution in [3.63, 3.8) is 0 Å². The van der Waals surface area contributed by atoms with Gasteiger partial charge in [0.2, 0.25) is 0 Å². The molecule has 0 aliphatic rings. The van der Waals surface area contributed by atoms with E-state index < -0.39 is 0 Å². The average Bonchev–Trinajstić information content (AvgIpc) is 2.39. The van der Waals surface area contributed by atoms with Gasteiger partial charge < -0.3 is 11.1 Å². The Morgan fingerprint density at radius 1 is 1.33 bits per heavy atom. The molecule has 1 aromatic heterocycles. The standard InChI is InChI=1S/C13H12BrN3O/c14-10-2-1-3-11(6-10)17-13(18)12-5-4-9(7-15)8-16-12/h1-6,8H,7,15H2,(H,17,18). The lowest BCUT2D eigenvalue weighted by Crippen LogP contribution is -2.13. The summed E-state index contributed by atoms with van der Waals surface area (Å²) in [5.41, 5.74) is 7.46. The number of pyridine rings is 1. The number of carbonyl (C=O) groups excluding carboxylic acids is 1. The maximum absolute atomic E-state index is 11.9. The van der Waals surface area contributed by atoms with Gasteiger partial charge in [-0.3, -0.25) is 9.78 Å². The van der Waals surface area contributed by atoms with Crippen LogP contribution in [0.15, 0.2) is 47.1 Å². The van der Waals surface area contributed by atoms with E-state index in [1.54, 1.807) is 18.3 Å². The second-order valence-corrected chi connectivity index (χ2v) is 4.64. The molecule has 18 heavy (non-hydrogen) atoms. The van der Waals surface area contributed by atoms with Gasteiger partial charge in [-0.2, -0.15) is 0 Å². The second kappa shape index (κ2) is 5.75. The van der Waals surface area contributed by atoms with E-state index in [0.29, 0.717) is 12.2 Å². The summed E-state index contributed by atoms with van der Waals surface area (Å²) < 4.78 is 0.909. The molecule has 0 atom stereocenters. The van der Waals surface area contributed by atoms with Crippen LogP contribution in [0.3, 0.4) is 0 Å². The van der Waals surface area contributed by atoms with Crippen molar-refractivity contribution in [3.8, 4) is 0 Å². The smallest absolute Gasteiger partial charge is 0.274 e. The highest BCUT2D eigenvalue weighted by molar-refractivity contribution is 9.10. The minimum absolute atomic E-state index is 0.239. The molecule has 0 aliphatic carbocycles. The summed E-state index contributed by atoms with van der Waals surface area (Å²) in [6, 6.07) is 10.8. The number of anilines is 1. The van der Waals surface area contributed by atoms with Crippen molar-refractivity contribution >= 4 is 27.5 Å². The van der Waals surface area contributed by atoms with Crippen molar-refractivity contribution in [2.45, 2.75) is 6.54 Å². The SMILES string of the molecule is NCc1ccc(C(=O)Nc2cccc(Br)c2)nc1. The van der Waals surface area contributed by atoms with Crippen LogP contribution in [-0.2, 0) is 6.54 Å². The Kier molecular flexibility index (Phi) is 4.07. The van der Waals surface area contributed by atoms with Crippen LogP contribution in [0.25, 0.3) is 0 Å². The van der Waals surface area contributed by atoms with Crippen LogP contribution in [0.2, 0.25) is 0 Å². The lowest BCUT2D eigenvalue weighted by molar-refractivity contribution is 0.102. The molecular weight excluding hydrogens is 294 g/mol. The van der Waals surface area contributed by atoms with Crippen LogP contribution >= 0.6 is 15.9 Å². The molecule has 1 aromatic carbocycles. The lowest BCUT2D eigenvalue weighted by atomic mass is 10.2. The summed E-state index contributed by atoms with van der Waals surface area (Å²) in [7, 11) is 0. The van der Waals surface area contributed by atoms with Crippen LogP contribution in [0, 0.1) is 0 Å². The number of hydrogen-bond acceptors (Lipinski definition) is 3. The van der Waals surface area contributed by atoms with Crippen molar-refractivity contribution in [3.05, 3.63) is 58.3 Å². The first kappa shape index (κ1) is 12.7. The first-order chi connectivity index (χ1) is 8.69. The number of nitrogens with two attached hydrogens (primary N) is 1. The molecule has 0 radical (unpaired) electrons. The first-order valence-electron chi connectivity index (χ1n) is 5.41. The third-order valence-corrected chi connectivity index (χ3v) is 2.87. The monoisotopic (exact) mass is 305 g/mol. The zero-order valence-electron chi connectivity index (χ0n) is 9.56. The van der Waals surface area contributed by atoms with Crippen molar-refractivity contribution in [1.82, 2.24) is 4.98 Å². The molecule has 0 spiro atoms. The van der Waals surface area contributed by atoms with Gasteiger partial charge in [-0.05, 0) is 29.8 Å². The summed E-state index contributed by atoms with van der Waals surface area (Å²) in [6.45, 7) is 0.417. The van der Waals surface area contributed by atoms with Gasteiger partial charge in [-0.1, -0.05) is 28.1 Å². The summed E-state index contributed by atoms with van der Waals surface area (Å²) in [5.74, 6) is -0.239. The Labute approximate surface area is 113 Å². The minimum atomic E-state index is -0.239. The number of carbonyl (C=O) groups is 1. The number of aromatic nitrogens is 1. The zero-order chi connectivity index (χ0) is 13.0. The van der Waals surface area contributed by atoms with Crippen molar-refractivity contribution in [1.29, 1.82) is 0 Å². The molecule has 0 aliphatic heterocycles. The molecule has 0 saturated carbocycles. The molecule has 4 nitrogen and oxygen atoms in total. The minimum Gasteiger partial charge on any atom is -0.326 e. The third kappa shape index (κ3) is 3.15. The molecule has 5 heteroatoms. The summed E-state index contributed by atoms with van der Waals surface area (Å²) in [5, 5.41) is 2.77. The fourth-order valence-corrected chi connectivity index (χ4v) is 1.84. The van der Waals surface area contributed by atoms with Crippen molar-refractivity contribution < 1.29 is 4.79 Å². The fraction of sp³-hybridized carbons (Fsp3) is 0.0769. The average molecular weight is 306 g/mol. The van der Waals surface area contributed by atoms with Gasteiger partial charge in [0.25, 0.3) is 5.91 Å². The molecule has 0 unspecified atom stereocenters. The largest absolute Gasteiger partial charge is 0.326 e. The van der Waals surface area contributed by atoms with Gasteiger partial charge in [0.15, 0.2) is 0 Å². The molecule has 3 N–H and O–H groups in total. The first-order valence-corrected chi connectivity index (χ1v) is 6.20. The number of benzene rings is 1. The van der Waals surface area contributed by atoms with Gasteiger partial charge in [0.1, 0.15) is 5.69 Å². The zero-order valence-corrected chi connectivity index (χ0v) is 11.1. The predicted octanol–water partition coefficient (Wildman–Crippen LogP) is 2.56. The van der Waals surface area contributed by atoms with Crippen molar-refractivity contribution in [2.24, 2.45) is 5.73 Å². The van der Waals surface area contributed by atoms with E-state index >= 15 is 0 Å². The Morgan fingerprint density at radius 3 is 2.78 bits per heavy atom. The maximum Gasteiger partial charge on any atom is 0.274 e. The normalized spacial score (nSPS) is 10.1. The summed E-state index contributed by atoms with van der Waals surface area (Å²) in [4.78, 5) is 16.0. The van der Waals surface area contributed by atoms with Gasteiger partial charge in [0, 0.05) is 22.9 Å².